The maximum absolute atomic E-state index is 12.9. The van der Waals surface area contributed by atoms with E-state index in [1.54, 1.807) is 23.6 Å². The Labute approximate surface area is 158 Å². The van der Waals surface area contributed by atoms with Gasteiger partial charge >= 0.3 is 0 Å². The van der Waals surface area contributed by atoms with Crippen LogP contribution in [0.3, 0.4) is 0 Å². The highest BCUT2D eigenvalue weighted by atomic mass is 16.1. The number of carbonyl (C=O) groups is 1. The van der Waals surface area contributed by atoms with Gasteiger partial charge in [-0.1, -0.05) is 24.3 Å². The van der Waals surface area contributed by atoms with Crippen molar-refractivity contribution in [2.75, 3.05) is 0 Å². The zero-order valence-corrected chi connectivity index (χ0v) is 15.7. The van der Waals surface area contributed by atoms with E-state index in [4.69, 9.17) is 0 Å². The summed E-state index contributed by atoms with van der Waals surface area (Å²) in [5, 5.41) is 3.18. The average Bonchev–Trinajstić information content (AvgIpc) is 2.69. The summed E-state index contributed by atoms with van der Waals surface area (Å²) in [7, 11) is 0. The summed E-state index contributed by atoms with van der Waals surface area (Å²) in [5.74, 6) is -0.104. The van der Waals surface area contributed by atoms with Crippen molar-refractivity contribution in [1.82, 2.24) is 14.9 Å². The number of benzene rings is 2. The first-order valence-electron chi connectivity index (χ1n) is 9.48. The molecule has 0 aliphatic heterocycles. The Morgan fingerprint density at radius 2 is 2.07 bits per heavy atom. The SMILES string of the molecule is CCn1c(=O)c(C)nc2cc(C(=O)N[C@H]3CCCc4ccccc43)ccc21. The molecule has 1 heterocycles. The standard InChI is InChI=1S/C22H23N3O2/c1-3-25-20-12-11-16(13-19(20)23-14(2)22(25)27)21(26)24-18-10-6-8-15-7-4-5-9-17(15)18/h4-5,7,9,11-13,18H,3,6,8,10H2,1-2H3,(H,24,26)/t18-/m0/s1. The van der Waals surface area contributed by atoms with Crippen LogP contribution in [0.4, 0.5) is 0 Å². The first-order chi connectivity index (χ1) is 13.1. The fourth-order valence-electron chi connectivity index (χ4n) is 3.98. The van der Waals surface area contributed by atoms with Crippen LogP contribution in [0, 0.1) is 6.92 Å². The third-order valence-electron chi connectivity index (χ3n) is 5.36. The van der Waals surface area contributed by atoms with Crippen LogP contribution in [0.1, 0.15) is 53.0 Å². The van der Waals surface area contributed by atoms with Gasteiger partial charge in [-0.25, -0.2) is 4.98 Å². The molecule has 5 heteroatoms. The molecule has 0 bridgehead atoms. The second kappa shape index (κ2) is 6.99. The summed E-state index contributed by atoms with van der Waals surface area (Å²) in [6, 6.07) is 13.7. The van der Waals surface area contributed by atoms with E-state index >= 15 is 0 Å². The van der Waals surface area contributed by atoms with Crippen LogP contribution in [0.5, 0.6) is 0 Å². The van der Waals surface area contributed by atoms with E-state index in [-0.39, 0.29) is 17.5 Å². The van der Waals surface area contributed by atoms with Crippen molar-refractivity contribution >= 4 is 16.9 Å². The summed E-state index contributed by atoms with van der Waals surface area (Å²) >= 11 is 0. The molecule has 0 unspecified atom stereocenters. The zero-order chi connectivity index (χ0) is 19.0. The molecule has 1 aliphatic rings. The van der Waals surface area contributed by atoms with Crippen LogP contribution in [0.25, 0.3) is 11.0 Å². The first kappa shape index (κ1) is 17.5. The van der Waals surface area contributed by atoms with Crippen LogP contribution >= 0.6 is 0 Å². The lowest BCUT2D eigenvalue weighted by molar-refractivity contribution is 0.0933. The maximum Gasteiger partial charge on any atom is 0.272 e. The summed E-state index contributed by atoms with van der Waals surface area (Å²) in [6.45, 7) is 4.21. The van der Waals surface area contributed by atoms with Crippen molar-refractivity contribution < 1.29 is 4.79 Å². The average molecular weight is 361 g/mol. The Morgan fingerprint density at radius 1 is 1.26 bits per heavy atom. The number of rotatable bonds is 3. The van der Waals surface area contributed by atoms with Gasteiger partial charge in [-0.05, 0) is 62.4 Å². The van der Waals surface area contributed by atoms with E-state index < -0.39 is 0 Å². The Kier molecular flexibility index (Phi) is 4.52. The fourth-order valence-corrected chi connectivity index (χ4v) is 3.98. The second-order valence-corrected chi connectivity index (χ2v) is 7.07. The molecule has 2 aromatic carbocycles. The second-order valence-electron chi connectivity index (χ2n) is 7.07. The van der Waals surface area contributed by atoms with Crippen molar-refractivity contribution in [3.05, 3.63) is 75.2 Å². The number of carbonyl (C=O) groups excluding carboxylic acids is 1. The quantitative estimate of drug-likeness (QED) is 0.776. The molecule has 1 N–H and O–H groups in total. The van der Waals surface area contributed by atoms with Crippen LogP contribution in [-0.2, 0) is 13.0 Å². The van der Waals surface area contributed by atoms with Gasteiger partial charge in [0.25, 0.3) is 11.5 Å². The topological polar surface area (TPSA) is 64.0 Å². The summed E-state index contributed by atoms with van der Waals surface area (Å²) in [6.07, 6.45) is 3.09. The molecule has 0 saturated carbocycles. The molecule has 1 atom stereocenters. The Morgan fingerprint density at radius 3 is 2.89 bits per heavy atom. The third-order valence-corrected chi connectivity index (χ3v) is 5.36. The van der Waals surface area contributed by atoms with Crippen molar-refractivity contribution in [3.63, 3.8) is 0 Å². The highest BCUT2D eigenvalue weighted by molar-refractivity contribution is 5.97. The van der Waals surface area contributed by atoms with Gasteiger partial charge in [0.05, 0.1) is 17.1 Å². The van der Waals surface area contributed by atoms with Crippen molar-refractivity contribution in [1.29, 1.82) is 0 Å². The smallest absolute Gasteiger partial charge is 0.272 e. The Hall–Kier alpha value is -2.95. The van der Waals surface area contributed by atoms with Crippen LogP contribution < -0.4 is 10.9 Å². The minimum Gasteiger partial charge on any atom is -0.345 e. The van der Waals surface area contributed by atoms with Gasteiger partial charge in [0, 0.05) is 12.1 Å². The molecule has 138 valence electrons. The number of amides is 1. The van der Waals surface area contributed by atoms with Gasteiger partial charge in [0.2, 0.25) is 0 Å². The molecule has 1 aromatic heterocycles. The number of nitrogens with zero attached hydrogens (tertiary/aromatic N) is 2. The molecule has 4 rings (SSSR count). The molecule has 0 saturated heterocycles. The highest BCUT2D eigenvalue weighted by Gasteiger charge is 2.22. The van der Waals surface area contributed by atoms with E-state index in [0.717, 1.165) is 24.8 Å². The largest absolute Gasteiger partial charge is 0.345 e. The number of aromatic nitrogens is 2. The number of hydrogen-bond donors (Lipinski definition) is 1. The molecular weight excluding hydrogens is 338 g/mol. The Bertz CT molecular complexity index is 1080. The lowest BCUT2D eigenvalue weighted by Crippen LogP contribution is -2.31. The molecular formula is C22H23N3O2. The van der Waals surface area contributed by atoms with Gasteiger partial charge in [-0.2, -0.15) is 0 Å². The monoisotopic (exact) mass is 361 g/mol. The summed E-state index contributed by atoms with van der Waals surface area (Å²) in [4.78, 5) is 29.5. The van der Waals surface area contributed by atoms with Crippen LogP contribution in [0.2, 0.25) is 0 Å². The maximum atomic E-state index is 12.9. The van der Waals surface area contributed by atoms with Crippen molar-refractivity contribution in [2.45, 2.75) is 45.7 Å². The van der Waals surface area contributed by atoms with Crippen molar-refractivity contribution in [2.24, 2.45) is 0 Å². The summed E-state index contributed by atoms with van der Waals surface area (Å²) in [5.41, 5.74) is 4.89. The van der Waals surface area contributed by atoms with Crippen molar-refractivity contribution in [3.8, 4) is 0 Å². The Balaban J connectivity index is 1.66. The fraction of sp³-hybridized carbons (Fsp3) is 0.318. The third kappa shape index (κ3) is 3.14. The predicted molar refractivity (Wildman–Crippen MR) is 106 cm³/mol. The normalized spacial score (nSPS) is 16.1. The lowest BCUT2D eigenvalue weighted by Gasteiger charge is -2.26. The first-order valence-corrected chi connectivity index (χ1v) is 9.48. The van der Waals surface area contributed by atoms with Gasteiger partial charge in [-0.15, -0.1) is 0 Å². The molecule has 0 spiro atoms. The van der Waals surface area contributed by atoms with Gasteiger partial charge in [0.15, 0.2) is 0 Å². The molecule has 0 fully saturated rings. The minimum absolute atomic E-state index is 0.0393. The minimum atomic E-state index is -0.104. The lowest BCUT2D eigenvalue weighted by atomic mass is 9.87. The number of nitrogens with one attached hydrogen (secondary N) is 1. The number of aryl methyl sites for hydroxylation is 3. The molecule has 27 heavy (non-hydrogen) atoms. The van der Waals surface area contributed by atoms with E-state index in [9.17, 15) is 9.59 Å². The van der Waals surface area contributed by atoms with E-state index in [2.05, 4.69) is 22.4 Å². The molecule has 5 nitrogen and oxygen atoms in total. The van der Waals surface area contributed by atoms with Gasteiger partial charge < -0.3 is 9.88 Å². The van der Waals surface area contributed by atoms with Gasteiger partial charge in [0.1, 0.15) is 5.69 Å². The number of fused-ring (bicyclic) bond motifs is 2. The van der Waals surface area contributed by atoms with Crippen LogP contribution in [-0.4, -0.2) is 15.5 Å². The molecule has 1 amide bonds. The van der Waals surface area contributed by atoms with E-state index in [0.29, 0.717) is 23.3 Å². The van der Waals surface area contributed by atoms with E-state index in [1.165, 1.54) is 11.1 Å². The zero-order valence-electron chi connectivity index (χ0n) is 15.7. The highest BCUT2D eigenvalue weighted by Crippen LogP contribution is 2.29. The van der Waals surface area contributed by atoms with E-state index in [1.807, 2.05) is 25.1 Å². The summed E-state index contributed by atoms with van der Waals surface area (Å²) < 4.78 is 1.69. The number of hydrogen-bond acceptors (Lipinski definition) is 3. The molecule has 1 aliphatic carbocycles. The predicted octanol–water partition coefficient (Wildman–Crippen LogP) is 3.53. The molecule has 3 aromatic rings. The molecule has 0 radical (unpaired) electrons. The van der Waals surface area contributed by atoms with Crippen LogP contribution in [0.15, 0.2) is 47.3 Å². The van der Waals surface area contributed by atoms with Gasteiger partial charge in [-0.3, -0.25) is 9.59 Å².